The fourth-order valence-electron chi connectivity index (χ4n) is 7.80. The zero-order valence-electron chi connectivity index (χ0n) is 25.5. The average molecular weight is 584 g/mol. The third-order valence-electron chi connectivity index (χ3n) is 9.96. The van der Waals surface area contributed by atoms with Crippen LogP contribution in [0, 0.1) is 22.7 Å². The summed E-state index contributed by atoms with van der Waals surface area (Å²) in [6, 6.07) is 8.77. The molecule has 0 amide bonds. The van der Waals surface area contributed by atoms with E-state index in [1.807, 2.05) is 58.0 Å². The lowest BCUT2D eigenvalue weighted by Gasteiger charge is -2.59. The molecule has 0 heterocycles. The third-order valence-corrected chi connectivity index (χ3v) is 9.96. The van der Waals surface area contributed by atoms with E-state index in [-0.39, 0.29) is 6.42 Å². The maximum absolute atomic E-state index is 13.0. The Morgan fingerprint density at radius 2 is 1.64 bits per heavy atom. The monoisotopic (exact) mass is 583 g/mol. The summed E-state index contributed by atoms with van der Waals surface area (Å²) < 4.78 is 17.4. The van der Waals surface area contributed by atoms with Crippen LogP contribution in [0.3, 0.4) is 0 Å². The SMILES string of the molecule is C=C1[C@@H](OC(=O)C[C@@H](N)c2ccccc2)CC[C@]2(C)[C@@H](O)[C@H](OC(C)=O)C3=C(C)[C@@H](OC(C)=O)C[C@H]([C@@H](O)[C@H]12)C3(C)C. The first-order valence-electron chi connectivity index (χ1n) is 14.7. The van der Waals surface area contributed by atoms with Crippen LogP contribution in [0.4, 0.5) is 0 Å². The topological polar surface area (TPSA) is 145 Å². The van der Waals surface area contributed by atoms with Gasteiger partial charge in [0.1, 0.15) is 18.3 Å². The lowest BCUT2D eigenvalue weighted by Crippen LogP contribution is -2.63. The highest BCUT2D eigenvalue weighted by Gasteiger charge is 2.62. The molecular formula is C33H45NO8. The van der Waals surface area contributed by atoms with Crippen molar-refractivity contribution in [2.75, 3.05) is 0 Å². The van der Waals surface area contributed by atoms with Gasteiger partial charge < -0.3 is 30.2 Å². The Bertz CT molecular complexity index is 1260. The Hall–Kier alpha value is -3.01. The Kier molecular flexibility index (Phi) is 9.07. The van der Waals surface area contributed by atoms with Crippen LogP contribution in [0.15, 0.2) is 53.6 Å². The Balaban J connectivity index is 1.70. The van der Waals surface area contributed by atoms with Gasteiger partial charge in [-0.05, 0) is 59.8 Å². The van der Waals surface area contributed by atoms with Crippen molar-refractivity contribution in [2.24, 2.45) is 28.4 Å². The smallest absolute Gasteiger partial charge is 0.308 e. The number of rotatable bonds is 6. The van der Waals surface area contributed by atoms with E-state index in [1.54, 1.807) is 0 Å². The van der Waals surface area contributed by atoms with Crippen LogP contribution < -0.4 is 5.73 Å². The number of hydrogen-bond acceptors (Lipinski definition) is 9. The van der Waals surface area contributed by atoms with E-state index >= 15 is 0 Å². The van der Waals surface area contributed by atoms with E-state index in [0.717, 1.165) is 5.56 Å². The summed E-state index contributed by atoms with van der Waals surface area (Å²) in [6.45, 7) is 14.5. The van der Waals surface area contributed by atoms with Crippen molar-refractivity contribution in [3.05, 3.63) is 59.2 Å². The minimum Gasteiger partial charge on any atom is -0.458 e. The molecule has 3 aliphatic carbocycles. The Morgan fingerprint density at radius 1 is 1.02 bits per heavy atom. The molecule has 2 bridgehead atoms. The van der Waals surface area contributed by atoms with Crippen molar-refractivity contribution in [2.45, 2.75) is 104 Å². The number of carbonyl (C=O) groups excluding carboxylic acids is 3. The van der Waals surface area contributed by atoms with Crippen molar-refractivity contribution in [1.29, 1.82) is 0 Å². The number of ether oxygens (including phenoxy) is 3. The number of carbonyl (C=O) groups is 3. The molecule has 0 radical (unpaired) electrons. The zero-order chi connectivity index (χ0) is 31.1. The highest BCUT2D eigenvalue weighted by Crippen LogP contribution is 2.59. The summed E-state index contributed by atoms with van der Waals surface area (Å²) in [5, 5.41) is 24.2. The van der Waals surface area contributed by atoms with E-state index in [2.05, 4.69) is 6.58 Å². The van der Waals surface area contributed by atoms with Crippen LogP contribution in [0.25, 0.3) is 0 Å². The van der Waals surface area contributed by atoms with Crippen molar-refractivity contribution in [3.8, 4) is 0 Å². The predicted octanol–water partition coefficient (Wildman–Crippen LogP) is 3.92. The van der Waals surface area contributed by atoms with Crippen LogP contribution in [0.2, 0.25) is 0 Å². The molecule has 230 valence electrons. The molecule has 9 heteroatoms. The molecule has 9 nitrogen and oxygen atoms in total. The number of esters is 3. The molecule has 0 aromatic heterocycles. The second-order valence-corrected chi connectivity index (χ2v) is 13.0. The van der Waals surface area contributed by atoms with Gasteiger partial charge in [-0.3, -0.25) is 14.4 Å². The van der Waals surface area contributed by atoms with Gasteiger partial charge in [0.2, 0.25) is 0 Å². The molecule has 4 N–H and O–H groups in total. The summed E-state index contributed by atoms with van der Waals surface area (Å²) in [6.07, 6.45) is -3.58. The van der Waals surface area contributed by atoms with E-state index in [9.17, 15) is 24.6 Å². The molecule has 1 aromatic rings. The van der Waals surface area contributed by atoms with Crippen molar-refractivity contribution < 1.29 is 38.8 Å². The molecule has 4 rings (SSSR count). The summed E-state index contributed by atoms with van der Waals surface area (Å²) in [5.41, 5.74) is 7.23. The molecule has 2 saturated carbocycles. The van der Waals surface area contributed by atoms with Gasteiger partial charge in [-0.1, -0.05) is 57.7 Å². The molecular weight excluding hydrogens is 538 g/mol. The minimum absolute atomic E-state index is 0.0252. The number of benzene rings is 1. The molecule has 0 spiro atoms. The van der Waals surface area contributed by atoms with Gasteiger partial charge in [0.05, 0.1) is 12.5 Å². The van der Waals surface area contributed by atoms with Gasteiger partial charge in [-0.15, -0.1) is 0 Å². The van der Waals surface area contributed by atoms with E-state index in [1.165, 1.54) is 13.8 Å². The number of aliphatic hydroxyl groups excluding tert-OH is 2. The van der Waals surface area contributed by atoms with Gasteiger partial charge in [0.25, 0.3) is 0 Å². The zero-order valence-corrected chi connectivity index (χ0v) is 25.5. The largest absolute Gasteiger partial charge is 0.458 e. The lowest BCUT2D eigenvalue weighted by molar-refractivity contribution is -0.183. The van der Waals surface area contributed by atoms with E-state index < -0.39 is 77.1 Å². The van der Waals surface area contributed by atoms with Crippen LogP contribution in [0.5, 0.6) is 0 Å². The molecule has 42 heavy (non-hydrogen) atoms. The fourth-order valence-corrected chi connectivity index (χ4v) is 7.80. The number of fused-ring (bicyclic) bond motifs is 3. The molecule has 9 atom stereocenters. The average Bonchev–Trinajstić information content (AvgIpc) is 2.90. The normalized spacial score (nSPS) is 34.8. The minimum atomic E-state index is -1.22. The van der Waals surface area contributed by atoms with Gasteiger partial charge >= 0.3 is 17.9 Å². The summed E-state index contributed by atoms with van der Waals surface area (Å²) >= 11 is 0. The van der Waals surface area contributed by atoms with E-state index in [4.69, 9.17) is 19.9 Å². The van der Waals surface area contributed by atoms with E-state index in [0.29, 0.717) is 36.0 Å². The molecule has 2 fully saturated rings. The summed E-state index contributed by atoms with van der Waals surface area (Å²) in [4.78, 5) is 37.4. The van der Waals surface area contributed by atoms with Gasteiger partial charge in [-0.2, -0.15) is 0 Å². The van der Waals surface area contributed by atoms with Crippen LogP contribution in [-0.2, 0) is 28.6 Å². The number of nitrogens with two attached hydrogens (primary N) is 1. The van der Waals surface area contributed by atoms with Crippen LogP contribution in [0.1, 0.15) is 78.8 Å². The Morgan fingerprint density at radius 3 is 2.24 bits per heavy atom. The second kappa shape index (κ2) is 11.9. The molecule has 3 aliphatic rings. The van der Waals surface area contributed by atoms with Crippen molar-refractivity contribution >= 4 is 17.9 Å². The molecule has 0 saturated heterocycles. The summed E-state index contributed by atoms with van der Waals surface area (Å²) in [5.74, 6) is -2.66. The van der Waals surface area contributed by atoms with Crippen molar-refractivity contribution in [1.82, 2.24) is 0 Å². The maximum Gasteiger partial charge on any atom is 0.308 e. The standard InChI is InChI=1S/C33H45NO8/c1-17-24(42-26(37)16-23(34)21-11-9-8-10-12-21)13-14-33(7)27(17)29(38)22-15-25(40-19(3)35)18(2)28(32(22,5)6)30(31(33)39)41-20(4)36/h8-12,22-25,27,29-31,38-39H,1,13-16,34H2,2-7H3/t22-,23-,24+,25+,27+,29-,30-,31+,33+/m1/s1. The predicted molar refractivity (Wildman–Crippen MR) is 156 cm³/mol. The third kappa shape index (κ3) is 5.79. The maximum atomic E-state index is 13.0. The first kappa shape index (κ1) is 31.9. The first-order chi connectivity index (χ1) is 19.6. The molecule has 1 aromatic carbocycles. The van der Waals surface area contributed by atoms with Gasteiger partial charge in [0, 0.05) is 31.2 Å². The molecule has 0 unspecified atom stereocenters. The quantitative estimate of drug-likeness (QED) is 0.258. The van der Waals surface area contributed by atoms with Crippen molar-refractivity contribution in [3.63, 3.8) is 0 Å². The highest BCUT2D eigenvalue weighted by molar-refractivity contribution is 5.71. The van der Waals surface area contributed by atoms with Crippen LogP contribution >= 0.6 is 0 Å². The lowest BCUT2D eigenvalue weighted by atomic mass is 9.49. The Labute approximate surface area is 248 Å². The van der Waals surface area contributed by atoms with Gasteiger partial charge in [0.15, 0.2) is 6.10 Å². The van der Waals surface area contributed by atoms with Crippen LogP contribution in [-0.4, -0.2) is 58.6 Å². The van der Waals surface area contributed by atoms with Gasteiger partial charge in [-0.25, -0.2) is 0 Å². The summed E-state index contributed by atoms with van der Waals surface area (Å²) in [7, 11) is 0. The molecule has 0 aliphatic heterocycles. The number of hydrogen-bond donors (Lipinski definition) is 3. The fraction of sp³-hybridized carbons (Fsp3) is 0.606. The highest BCUT2D eigenvalue weighted by atomic mass is 16.6. The number of aliphatic hydroxyl groups is 2. The second-order valence-electron chi connectivity index (χ2n) is 13.0. The first-order valence-corrected chi connectivity index (χ1v) is 14.7.